The van der Waals surface area contributed by atoms with Gasteiger partial charge in [0.1, 0.15) is 12.4 Å². The van der Waals surface area contributed by atoms with E-state index in [1.54, 1.807) is 18.2 Å². The molecular formula is C27H25NO5. The average molecular weight is 443 g/mol. The molecule has 0 fully saturated rings. The molecule has 4 aromatic carbocycles. The average Bonchev–Trinajstić information content (AvgIpc) is 2.86. The van der Waals surface area contributed by atoms with Gasteiger partial charge in [-0.3, -0.25) is 4.79 Å². The van der Waals surface area contributed by atoms with E-state index in [1.807, 2.05) is 48.5 Å². The predicted molar refractivity (Wildman–Crippen MR) is 129 cm³/mol. The standard InChI is InChI=1S/C27H25NO5/c1-30-24-15-22(16-25(31-2)26(24)32-3)28-27(29)21-10-6-7-18(13-21)17-33-23-12-11-19-8-4-5-9-20(19)14-23/h4-16H,17H2,1-3H3,(H,28,29). The van der Waals surface area contributed by atoms with Gasteiger partial charge in [0.15, 0.2) is 11.5 Å². The molecular weight excluding hydrogens is 418 g/mol. The minimum absolute atomic E-state index is 0.253. The lowest BCUT2D eigenvalue weighted by Gasteiger charge is -2.15. The van der Waals surface area contributed by atoms with E-state index in [4.69, 9.17) is 18.9 Å². The summed E-state index contributed by atoms with van der Waals surface area (Å²) >= 11 is 0. The lowest BCUT2D eigenvalue weighted by Crippen LogP contribution is -2.13. The molecule has 0 heterocycles. The van der Waals surface area contributed by atoms with E-state index in [0.29, 0.717) is 35.1 Å². The molecule has 0 bridgehead atoms. The second-order valence-corrected chi connectivity index (χ2v) is 7.37. The number of amides is 1. The summed E-state index contributed by atoms with van der Waals surface area (Å²) in [5.74, 6) is 1.91. The van der Waals surface area contributed by atoms with E-state index in [-0.39, 0.29) is 5.91 Å². The number of nitrogens with one attached hydrogen (secondary N) is 1. The third-order valence-electron chi connectivity index (χ3n) is 5.24. The third kappa shape index (κ3) is 5.01. The molecule has 0 aliphatic rings. The van der Waals surface area contributed by atoms with Gasteiger partial charge in [-0.15, -0.1) is 0 Å². The Bertz CT molecular complexity index is 1260. The van der Waals surface area contributed by atoms with E-state index in [0.717, 1.165) is 22.1 Å². The highest BCUT2D eigenvalue weighted by Gasteiger charge is 2.15. The summed E-state index contributed by atoms with van der Waals surface area (Å²) in [6, 6.07) is 24.8. The predicted octanol–water partition coefficient (Wildman–Crippen LogP) is 5.70. The maximum Gasteiger partial charge on any atom is 0.255 e. The maximum absolute atomic E-state index is 12.9. The Morgan fingerprint density at radius 2 is 1.48 bits per heavy atom. The summed E-state index contributed by atoms with van der Waals surface area (Å²) in [5.41, 5.74) is 1.94. The van der Waals surface area contributed by atoms with Gasteiger partial charge in [0.25, 0.3) is 5.91 Å². The largest absolute Gasteiger partial charge is 0.493 e. The Balaban J connectivity index is 1.47. The number of rotatable bonds is 8. The van der Waals surface area contributed by atoms with Crippen LogP contribution in [-0.4, -0.2) is 27.2 Å². The van der Waals surface area contributed by atoms with Crippen molar-refractivity contribution in [2.75, 3.05) is 26.6 Å². The molecule has 0 aliphatic heterocycles. The van der Waals surface area contributed by atoms with Gasteiger partial charge in [0.2, 0.25) is 5.75 Å². The summed E-state index contributed by atoms with van der Waals surface area (Å²) in [6.07, 6.45) is 0. The molecule has 0 aromatic heterocycles. The third-order valence-corrected chi connectivity index (χ3v) is 5.24. The van der Waals surface area contributed by atoms with Crippen LogP contribution in [0.1, 0.15) is 15.9 Å². The number of ether oxygens (including phenoxy) is 4. The van der Waals surface area contributed by atoms with Crippen molar-refractivity contribution < 1.29 is 23.7 Å². The van der Waals surface area contributed by atoms with E-state index in [1.165, 1.54) is 21.3 Å². The van der Waals surface area contributed by atoms with Crippen LogP contribution in [0.5, 0.6) is 23.0 Å². The van der Waals surface area contributed by atoms with E-state index >= 15 is 0 Å². The number of fused-ring (bicyclic) bond motifs is 1. The molecule has 0 atom stereocenters. The molecule has 0 spiro atoms. The number of carbonyl (C=O) groups excluding carboxylic acids is 1. The summed E-state index contributed by atoms with van der Waals surface area (Å²) in [7, 11) is 4.59. The zero-order valence-corrected chi connectivity index (χ0v) is 18.8. The summed E-state index contributed by atoms with van der Waals surface area (Å²) in [4.78, 5) is 12.9. The van der Waals surface area contributed by atoms with Crippen LogP contribution in [0, 0.1) is 0 Å². The normalized spacial score (nSPS) is 10.5. The van der Waals surface area contributed by atoms with Crippen molar-refractivity contribution in [1.29, 1.82) is 0 Å². The van der Waals surface area contributed by atoms with Gasteiger partial charge in [-0.05, 0) is 40.6 Å². The highest BCUT2D eigenvalue weighted by Crippen LogP contribution is 2.40. The topological polar surface area (TPSA) is 66.0 Å². The Morgan fingerprint density at radius 3 is 2.18 bits per heavy atom. The monoisotopic (exact) mass is 443 g/mol. The molecule has 0 aliphatic carbocycles. The van der Waals surface area contributed by atoms with Crippen LogP contribution in [0.15, 0.2) is 78.9 Å². The quantitative estimate of drug-likeness (QED) is 0.379. The molecule has 6 nitrogen and oxygen atoms in total. The zero-order chi connectivity index (χ0) is 23.2. The van der Waals surface area contributed by atoms with Gasteiger partial charge in [-0.1, -0.05) is 42.5 Å². The minimum Gasteiger partial charge on any atom is -0.493 e. The second kappa shape index (κ2) is 9.96. The molecule has 0 saturated heterocycles. The molecule has 1 N–H and O–H groups in total. The first-order valence-corrected chi connectivity index (χ1v) is 10.4. The fourth-order valence-electron chi connectivity index (χ4n) is 3.58. The van der Waals surface area contributed by atoms with Crippen LogP contribution in [0.3, 0.4) is 0 Å². The number of benzene rings is 4. The Kier molecular flexibility index (Phi) is 6.64. The lowest BCUT2D eigenvalue weighted by atomic mass is 10.1. The van der Waals surface area contributed by atoms with Crippen LogP contribution in [0.2, 0.25) is 0 Å². The van der Waals surface area contributed by atoms with Crippen LogP contribution in [0.4, 0.5) is 5.69 Å². The number of hydrogen-bond donors (Lipinski definition) is 1. The highest BCUT2D eigenvalue weighted by molar-refractivity contribution is 6.04. The van der Waals surface area contributed by atoms with E-state index < -0.39 is 0 Å². The van der Waals surface area contributed by atoms with Gasteiger partial charge in [-0.25, -0.2) is 0 Å². The molecule has 33 heavy (non-hydrogen) atoms. The van der Waals surface area contributed by atoms with Gasteiger partial charge < -0.3 is 24.3 Å². The maximum atomic E-state index is 12.9. The van der Waals surface area contributed by atoms with Crippen molar-refractivity contribution in [3.63, 3.8) is 0 Å². The van der Waals surface area contributed by atoms with Crippen molar-refractivity contribution in [2.24, 2.45) is 0 Å². The first-order valence-electron chi connectivity index (χ1n) is 10.4. The zero-order valence-electron chi connectivity index (χ0n) is 18.8. The van der Waals surface area contributed by atoms with Crippen molar-refractivity contribution in [2.45, 2.75) is 6.61 Å². The molecule has 0 radical (unpaired) electrons. The first kappa shape index (κ1) is 22.0. The lowest BCUT2D eigenvalue weighted by molar-refractivity contribution is 0.102. The Morgan fingerprint density at radius 1 is 0.758 bits per heavy atom. The van der Waals surface area contributed by atoms with Crippen molar-refractivity contribution in [3.8, 4) is 23.0 Å². The molecule has 1 amide bonds. The number of anilines is 1. The molecule has 4 aromatic rings. The molecule has 0 unspecified atom stereocenters. The Hall–Kier alpha value is -4.19. The molecule has 0 saturated carbocycles. The summed E-state index contributed by atoms with van der Waals surface area (Å²) < 4.78 is 22.0. The van der Waals surface area contributed by atoms with Crippen LogP contribution >= 0.6 is 0 Å². The van der Waals surface area contributed by atoms with Gasteiger partial charge >= 0.3 is 0 Å². The fourth-order valence-corrected chi connectivity index (χ4v) is 3.58. The van der Waals surface area contributed by atoms with Crippen molar-refractivity contribution >= 4 is 22.4 Å². The van der Waals surface area contributed by atoms with Gasteiger partial charge in [0, 0.05) is 23.4 Å². The molecule has 6 heteroatoms. The van der Waals surface area contributed by atoms with Crippen molar-refractivity contribution in [1.82, 2.24) is 0 Å². The van der Waals surface area contributed by atoms with E-state index in [2.05, 4.69) is 17.4 Å². The van der Waals surface area contributed by atoms with Crippen LogP contribution in [-0.2, 0) is 6.61 Å². The minimum atomic E-state index is -0.253. The number of hydrogen-bond acceptors (Lipinski definition) is 5. The Labute approximate surface area is 192 Å². The summed E-state index contributed by atoms with van der Waals surface area (Å²) in [5, 5.41) is 5.17. The summed E-state index contributed by atoms with van der Waals surface area (Å²) in [6.45, 7) is 0.351. The van der Waals surface area contributed by atoms with Gasteiger partial charge in [-0.2, -0.15) is 0 Å². The highest BCUT2D eigenvalue weighted by atomic mass is 16.5. The first-order chi connectivity index (χ1) is 16.1. The smallest absolute Gasteiger partial charge is 0.255 e. The molecule has 168 valence electrons. The van der Waals surface area contributed by atoms with Crippen molar-refractivity contribution in [3.05, 3.63) is 90.0 Å². The number of carbonyl (C=O) groups is 1. The molecule has 4 rings (SSSR count). The van der Waals surface area contributed by atoms with Gasteiger partial charge in [0.05, 0.1) is 21.3 Å². The van der Waals surface area contributed by atoms with E-state index in [9.17, 15) is 4.79 Å². The SMILES string of the molecule is COc1cc(NC(=O)c2cccc(COc3ccc4ccccc4c3)c2)cc(OC)c1OC. The van der Waals surface area contributed by atoms with Crippen LogP contribution < -0.4 is 24.3 Å². The second-order valence-electron chi connectivity index (χ2n) is 7.37. The van der Waals surface area contributed by atoms with Crippen LogP contribution in [0.25, 0.3) is 10.8 Å². The fraction of sp³-hybridized carbons (Fsp3) is 0.148. The number of methoxy groups -OCH3 is 3.